The summed E-state index contributed by atoms with van der Waals surface area (Å²) in [7, 11) is 0. The minimum absolute atomic E-state index is 0.112. The Bertz CT molecular complexity index is 349. The van der Waals surface area contributed by atoms with Gasteiger partial charge < -0.3 is 4.74 Å². The van der Waals surface area contributed by atoms with Gasteiger partial charge in [-0.1, -0.05) is 44.5 Å². The fourth-order valence-corrected chi connectivity index (χ4v) is 1.18. The van der Waals surface area contributed by atoms with Crippen LogP contribution in [0.2, 0.25) is 5.02 Å². The summed E-state index contributed by atoms with van der Waals surface area (Å²) in [5, 5.41) is 0.703. The lowest BCUT2D eigenvalue weighted by Gasteiger charge is -2.16. The van der Waals surface area contributed by atoms with Crippen LogP contribution in [0.3, 0.4) is 0 Å². The molecule has 1 aromatic rings. The molecule has 0 aliphatic rings. The zero-order valence-corrected chi connectivity index (χ0v) is 10.7. The highest BCUT2D eigenvalue weighted by molar-refractivity contribution is 6.30. The molecule has 0 radical (unpaired) electrons. The Morgan fingerprint density at radius 3 is 2.31 bits per heavy atom. The molecule has 3 heteroatoms. The monoisotopic (exact) mass is 240 g/mol. The van der Waals surface area contributed by atoms with Crippen LogP contribution in [0.1, 0.15) is 26.3 Å². The van der Waals surface area contributed by atoms with Gasteiger partial charge in [-0.3, -0.25) is 4.79 Å². The van der Waals surface area contributed by atoms with Crippen LogP contribution in [-0.4, -0.2) is 12.4 Å². The summed E-state index contributed by atoms with van der Waals surface area (Å²) in [5.41, 5.74) is 0.686. The lowest BCUT2D eigenvalue weighted by atomic mass is 9.91. The Kier molecular flexibility index (Phi) is 4.51. The molecule has 0 saturated heterocycles. The summed E-state index contributed by atoms with van der Waals surface area (Å²) in [6.45, 7) is 6.27. The molecule has 1 rings (SSSR count). The van der Waals surface area contributed by atoms with Gasteiger partial charge in [0.1, 0.15) is 6.61 Å². The highest BCUT2D eigenvalue weighted by Crippen LogP contribution is 2.15. The Balaban J connectivity index is 2.36. The molecular weight excluding hydrogens is 224 g/mol. The number of ketones is 1. The van der Waals surface area contributed by atoms with Crippen molar-refractivity contribution in [1.82, 2.24) is 0 Å². The van der Waals surface area contributed by atoms with Crippen molar-refractivity contribution in [3.8, 4) is 0 Å². The van der Waals surface area contributed by atoms with Gasteiger partial charge in [-0.15, -0.1) is 0 Å². The molecule has 16 heavy (non-hydrogen) atoms. The van der Waals surface area contributed by atoms with Crippen LogP contribution < -0.4 is 0 Å². The second-order valence-corrected chi connectivity index (χ2v) is 5.23. The summed E-state index contributed by atoms with van der Waals surface area (Å²) in [6.07, 6.45) is 0. The Hall–Kier alpha value is -0.860. The van der Waals surface area contributed by atoms with Gasteiger partial charge >= 0.3 is 0 Å². The number of hydrogen-bond donors (Lipinski definition) is 0. The molecule has 0 aliphatic heterocycles. The highest BCUT2D eigenvalue weighted by Gasteiger charge is 2.20. The molecule has 1 aromatic carbocycles. The van der Waals surface area contributed by atoms with Crippen LogP contribution in [0.25, 0.3) is 0 Å². The Morgan fingerprint density at radius 1 is 1.25 bits per heavy atom. The third-order valence-electron chi connectivity index (χ3n) is 2.25. The molecule has 0 fully saturated rings. The normalized spacial score (nSPS) is 11.5. The second-order valence-electron chi connectivity index (χ2n) is 4.79. The van der Waals surface area contributed by atoms with Crippen LogP contribution in [0.4, 0.5) is 0 Å². The van der Waals surface area contributed by atoms with Crippen LogP contribution in [0.15, 0.2) is 24.3 Å². The number of hydrogen-bond acceptors (Lipinski definition) is 2. The van der Waals surface area contributed by atoms with Crippen molar-refractivity contribution in [2.45, 2.75) is 27.4 Å². The van der Waals surface area contributed by atoms with Gasteiger partial charge in [-0.25, -0.2) is 0 Å². The van der Waals surface area contributed by atoms with Crippen LogP contribution in [0.5, 0.6) is 0 Å². The summed E-state index contributed by atoms with van der Waals surface area (Å²) >= 11 is 5.76. The van der Waals surface area contributed by atoms with E-state index in [-0.39, 0.29) is 17.8 Å². The van der Waals surface area contributed by atoms with Crippen molar-refractivity contribution >= 4 is 17.4 Å². The number of rotatable bonds is 4. The standard InChI is InChI=1S/C13H17ClO2/c1-13(2,3)12(15)9-16-8-10-4-6-11(14)7-5-10/h4-7H,8-9H2,1-3H3. The predicted molar refractivity (Wildman–Crippen MR) is 65.6 cm³/mol. The van der Waals surface area contributed by atoms with Crippen molar-refractivity contribution in [3.63, 3.8) is 0 Å². The first-order valence-corrected chi connectivity index (χ1v) is 5.63. The largest absolute Gasteiger partial charge is 0.369 e. The van der Waals surface area contributed by atoms with E-state index in [2.05, 4.69) is 0 Å². The van der Waals surface area contributed by atoms with Crippen molar-refractivity contribution in [2.24, 2.45) is 5.41 Å². The van der Waals surface area contributed by atoms with Crippen LogP contribution in [-0.2, 0) is 16.1 Å². The van der Waals surface area contributed by atoms with Gasteiger partial charge in [0.25, 0.3) is 0 Å². The van der Waals surface area contributed by atoms with Crippen LogP contribution in [0, 0.1) is 5.41 Å². The average molecular weight is 241 g/mol. The predicted octanol–water partition coefficient (Wildman–Crippen LogP) is 3.47. The molecule has 0 bridgehead atoms. The molecule has 0 aliphatic carbocycles. The number of benzene rings is 1. The number of ether oxygens (including phenoxy) is 1. The van der Waals surface area contributed by atoms with Gasteiger partial charge in [0.2, 0.25) is 0 Å². The molecule has 2 nitrogen and oxygen atoms in total. The summed E-state index contributed by atoms with van der Waals surface area (Å²) in [6, 6.07) is 7.41. The smallest absolute Gasteiger partial charge is 0.163 e. The van der Waals surface area contributed by atoms with E-state index >= 15 is 0 Å². The van der Waals surface area contributed by atoms with E-state index in [1.54, 1.807) is 0 Å². The summed E-state index contributed by atoms with van der Waals surface area (Å²) < 4.78 is 5.36. The van der Waals surface area contributed by atoms with Gasteiger partial charge in [0.05, 0.1) is 6.61 Å². The van der Waals surface area contributed by atoms with Crippen molar-refractivity contribution in [1.29, 1.82) is 0 Å². The maximum Gasteiger partial charge on any atom is 0.163 e. The SMILES string of the molecule is CC(C)(C)C(=O)COCc1ccc(Cl)cc1. The molecule has 0 atom stereocenters. The number of halogens is 1. The molecule has 0 saturated carbocycles. The first-order chi connectivity index (χ1) is 7.39. The van der Waals surface area contributed by atoms with Gasteiger partial charge in [-0.05, 0) is 17.7 Å². The van der Waals surface area contributed by atoms with Crippen molar-refractivity contribution in [2.75, 3.05) is 6.61 Å². The molecule has 0 amide bonds. The number of Topliss-reactive ketones (excluding diaryl/α,β-unsaturated/α-hetero) is 1. The minimum atomic E-state index is -0.333. The van der Waals surface area contributed by atoms with Gasteiger partial charge in [0.15, 0.2) is 5.78 Å². The molecule has 0 heterocycles. The van der Waals surface area contributed by atoms with E-state index in [0.29, 0.717) is 11.6 Å². The zero-order chi connectivity index (χ0) is 12.2. The zero-order valence-electron chi connectivity index (χ0n) is 9.92. The van der Waals surface area contributed by atoms with E-state index in [1.165, 1.54) is 0 Å². The Morgan fingerprint density at radius 2 is 1.81 bits per heavy atom. The first kappa shape index (κ1) is 13.2. The maximum absolute atomic E-state index is 11.6. The van der Waals surface area contributed by atoms with E-state index in [0.717, 1.165) is 5.56 Å². The highest BCUT2D eigenvalue weighted by atomic mass is 35.5. The minimum Gasteiger partial charge on any atom is -0.369 e. The molecular formula is C13H17ClO2. The van der Waals surface area contributed by atoms with E-state index in [9.17, 15) is 4.79 Å². The fraction of sp³-hybridized carbons (Fsp3) is 0.462. The number of carbonyl (C=O) groups excluding carboxylic acids is 1. The number of carbonyl (C=O) groups is 1. The Labute approximate surface area is 102 Å². The second kappa shape index (κ2) is 5.46. The molecule has 88 valence electrons. The van der Waals surface area contributed by atoms with Gasteiger partial charge in [0, 0.05) is 10.4 Å². The van der Waals surface area contributed by atoms with E-state index < -0.39 is 0 Å². The maximum atomic E-state index is 11.6. The van der Waals surface area contributed by atoms with Crippen molar-refractivity contribution in [3.05, 3.63) is 34.9 Å². The fourth-order valence-electron chi connectivity index (χ4n) is 1.06. The third kappa shape index (κ3) is 4.33. The molecule has 0 spiro atoms. The molecule has 0 unspecified atom stereocenters. The van der Waals surface area contributed by atoms with Crippen molar-refractivity contribution < 1.29 is 9.53 Å². The molecule has 0 N–H and O–H groups in total. The quantitative estimate of drug-likeness (QED) is 0.806. The topological polar surface area (TPSA) is 26.3 Å². The van der Waals surface area contributed by atoms with Gasteiger partial charge in [-0.2, -0.15) is 0 Å². The van der Waals surface area contributed by atoms with E-state index in [1.807, 2.05) is 45.0 Å². The average Bonchev–Trinajstić information content (AvgIpc) is 2.19. The lowest BCUT2D eigenvalue weighted by Crippen LogP contribution is -2.24. The third-order valence-corrected chi connectivity index (χ3v) is 2.50. The lowest BCUT2D eigenvalue weighted by molar-refractivity contribution is -0.131. The molecule has 0 aromatic heterocycles. The summed E-state index contributed by atoms with van der Waals surface area (Å²) in [4.78, 5) is 11.6. The van der Waals surface area contributed by atoms with E-state index in [4.69, 9.17) is 16.3 Å². The summed E-state index contributed by atoms with van der Waals surface area (Å²) in [5.74, 6) is 0.112. The first-order valence-electron chi connectivity index (χ1n) is 5.25. The van der Waals surface area contributed by atoms with Crippen LogP contribution >= 0.6 is 11.6 Å².